The highest BCUT2D eigenvalue weighted by Gasteiger charge is 2.07. The first kappa shape index (κ1) is 19.1. The summed E-state index contributed by atoms with van der Waals surface area (Å²) in [6.07, 6.45) is 2.79. The van der Waals surface area contributed by atoms with Crippen molar-refractivity contribution in [2.45, 2.75) is 6.92 Å². The zero-order valence-electron chi connectivity index (χ0n) is 14.9. The molecule has 0 fully saturated rings. The van der Waals surface area contributed by atoms with Crippen molar-refractivity contribution in [1.29, 1.82) is 0 Å². The molecule has 0 unspecified atom stereocenters. The smallest absolute Gasteiger partial charge is 0.331 e. The molecule has 6 nitrogen and oxygen atoms in total. The summed E-state index contributed by atoms with van der Waals surface area (Å²) in [5.74, 6) is 0.180. The lowest BCUT2D eigenvalue weighted by atomic mass is 10.2. The number of esters is 1. The number of amides is 1. The summed E-state index contributed by atoms with van der Waals surface area (Å²) >= 11 is 0. The number of hydrogen-bond acceptors (Lipinski definition) is 5. The van der Waals surface area contributed by atoms with Crippen LogP contribution in [-0.4, -0.2) is 32.7 Å². The van der Waals surface area contributed by atoms with Crippen LogP contribution in [0.3, 0.4) is 0 Å². The first-order valence-electron chi connectivity index (χ1n) is 7.95. The number of ether oxygens (including phenoxy) is 3. The first-order valence-corrected chi connectivity index (χ1v) is 7.95. The standard InChI is InChI=1S/C20H21NO5/c1-14-4-8-16(9-5-14)21-19(22)13-26-20(23)11-7-15-6-10-17(24-2)12-18(15)25-3/h4-12H,13H2,1-3H3,(H,21,22)/b11-7+. The van der Waals surface area contributed by atoms with Crippen molar-refractivity contribution in [3.8, 4) is 11.5 Å². The Morgan fingerprint density at radius 3 is 2.42 bits per heavy atom. The fraction of sp³-hybridized carbons (Fsp3) is 0.200. The molecule has 0 aliphatic rings. The van der Waals surface area contributed by atoms with E-state index in [-0.39, 0.29) is 6.61 Å². The van der Waals surface area contributed by atoms with Gasteiger partial charge in [0, 0.05) is 23.4 Å². The van der Waals surface area contributed by atoms with Gasteiger partial charge in [0.15, 0.2) is 6.61 Å². The zero-order chi connectivity index (χ0) is 18.9. The van der Waals surface area contributed by atoms with E-state index < -0.39 is 11.9 Å². The van der Waals surface area contributed by atoms with E-state index in [9.17, 15) is 9.59 Å². The fourth-order valence-corrected chi connectivity index (χ4v) is 2.13. The van der Waals surface area contributed by atoms with Gasteiger partial charge in [0.25, 0.3) is 5.91 Å². The van der Waals surface area contributed by atoms with Crippen LogP contribution in [0.15, 0.2) is 48.5 Å². The van der Waals surface area contributed by atoms with Crippen LogP contribution in [0.1, 0.15) is 11.1 Å². The molecule has 2 rings (SSSR count). The number of benzene rings is 2. The largest absolute Gasteiger partial charge is 0.497 e. The second-order valence-electron chi connectivity index (χ2n) is 5.46. The molecule has 0 heterocycles. The predicted octanol–water partition coefficient (Wildman–Crippen LogP) is 3.21. The number of carbonyl (C=O) groups excluding carboxylic acids is 2. The van der Waals surface area contributed by atoms with E-state index in [0.717, 1.165) is 5.56 Å². The van der Waals surface area contributed by atoms with Crippen LogP contribution in [0, 0.1) is 6.92 Å². The molecule has 2 aromatic carbocycles. The lowest BCUT2D eigenvalue weighted by Gasteiger charge is -2.07. The Morgan fingerprint density at radius 1 is 1.04 bits per heavy atom. The van der Waals surface area contributed by atoms with Crippen molar-refractivity contribution in [2.75, 3.05) is 26.1 Å². The molecule has 1 amide bonds. The number of nitrogens with one attached hydrogen (secondary N) is 1. The van der Waals surface area contributed by atoms with Gasteiger partial charge in [-0.05, 0) is 37.3 Å². The van der Waals surface area contributed by atoms with Crippen molar-refractivity contribution in [2.24, 2.45) is 0 Å². The van der Waals surface area contributed by atoms with E-state index in [2.05, 4.69) is 5.32 Å². The van der Waals surface area contributed by atoms with Gasteiger partial charge in [-0.1, -0.05) is 17.7 Å². The van der Waals surface area contributed by atoms with E-state index >= 15 is 0 Å². The molecule has 0 aromatic heterocycles. The normalized spacial score (nSPS) is 10.4. The van der Waals surface area contributed by atoms with Crippen molar-refractivity contribution in [3.05, 3.63) is 59.7 Å². The molecule has 0 aliphatic heterocycles. The van der Waals surface area contributed by atoms with Gasteiger partial charge in [-0.25, -0.2) is 4.79 Å². The molecule has 0 radical (unpaired) electrons. The summed E-state index contributed by atoms with van der Waals surface area (Å²) in [6, 6.07) is 12.5. The van der Waals surface area contributed by atoms with Crippen LogP contribution in [0.25, 0.3) is 6.08 Å². The molecule has 26 heavy (non-hydrogen) atoms. The third kappa shape index (κ3) is 5.66. The second-order valence-corrected chi connectivity index (χ2v) is 5.46. The average Bonchev–Trinajstić information content (AvgIpc) is 2.66. The first-order chi connectivity index (χ1) is 12.5. The molecule has 0 bridgehead atoms. The highest BCUT2D eigenvalue weighted by molar-refractivity contribution is 5.94. The molecule has 136 valence electrons. The number of aryl methyl sites for hydroxylation is 1. The SMILES string of the molecule is COc1ccc(/C=C/C(=O)OCC(=O)Nc2ccc(C)cc2)c(OC)c1. The van der Waals surface area contributed by atoms with Gasteiger partial charge in [0.1, 0.15) is 11.5 Å². The Bertz CT molecular complexity index is 796. The number of rotatable bonds is 7. The van der Waals surface area contributed by atoms with E-state index in [0.29, 0.717) is 22.7 Å². The van der Waals surface area contributed by atoms with E-state index in [1.54, 1.807) is 43.5 Å². The van der Waals surface area contributed by atoms with Crippen LogP contribution in [0.5, 0.6) is 11.5 Å². The molecule has 6 heteroatoms. The fourth-order valence-electron chi connectivity index (χ4n) is 2.13. The summed E-state index contributed by atoms with van der Waals surface area (Å²) in [5, 5.41) is 2.66. The molecular formula is C20H21NO5. The Kier molecular flexibility index (Phi) is 6.79. The highest BCUT2D eigenvalue weighted by Crippen LogP contribution is 2.25. The summed E-state index contributed by atoms with van der Waals surface area (Å²) in [7, 11) is 3.09. The van der Waals surface area contributed by atoms with Crippen molar-refractivity contribution in [3.63, 3.8) is 0 Å². The van der Waals surface area contributed by atoms with Crippen LogP contribution in [0.2, 0.25) is 0 Å². The Morgan fingerprint density at radius 2 is 1.77 bits per heavy atom. The molecule has 0 saturated carbocycles. The van der Waals surface area contributed by atoms with Crippen LogP contribution < -0.4 is 14.8 Å². The Hall–Kier alpha value is -3.28. The molecule has 0 aliphatic carbocycles. The molecule has 0 spiro atoms. The van der Waals surface area contributed by atoms with Crippen molar-refractivity contribution < 1.29 is 23.8 Å². The maximum Gasteiger partial charge on any atom is 0.331 e. The number of hydrogen-bond donors (Lipinski definition) is 1. The van der Waals surface area contributed by atoms with E-state index in [1.165, 1.54) is 13.2 Å². The van der Waals surface area contributed by atoms with Crippen LogP contribution >= 0.6 is 0 Å². The van der Waals surface area contributed by atoms with Gasteiger partial charge in [-0.3, -0.25) is 4.79 Å². The Balaban J connectivity index is 1.87. The summed E-state index contributed by atoms with van der Waals surface area (Å²) < 4.78 is 15.3. The van der Waals surface area contributed by atoms with Crippen molar-refractivity contribution in [1.82, 2.24) is 0 Å². The quantitative estimate of drug-likeness (QED) is 0.610. The number of carbonyl (C=O) groups is 2. The van der Waals surface area contributed by atoms with Gasteiger partial charge in [0.2, 0.25) is 0 Å². The average molecular weight is 355 g/mol. The van der Waals surface area contributed by atoms with Gasteiger partial charge >= 0.3 is 5.97 Å². The monoisotopic (exact) mass is 355 g/mol. The molecule has 2 aromatic rings. The summed E-state index contributed by atoms with van der Waals surface area (Å²) in [4.78, 5) is 23.6. The maximum atomic E-state index is 11.8. The molecular weight excluding hydrogens is 334 g/mol. The molecule has 1 N–H and O–H groups in total. The topological polar surface area (TPSA) is 73.9 Å². The zero-order valence-corrected chi connectivity index (χ0v) is 14.9. The lowest BCUT2D eigenvalue weighted by Crippen LogP contribution is -2.20. The maximum absolute atomic E-state index is 11.8. The lowest BCUT2D eigenvalue weighted by molar-refractivity contribution is -0.142. The molecule has 0 saturated heterocycles. The van der Waals surface area contributed by atoms with Gasteiger partial charge in [-0.2, -0.15) is 0 Å². The Labute approximate surface area is 152 Å². The minimum Gasteiger partial charge on any atom is -0.497 e. The van der Waals surface area contributed by atoms with Crippen LogP contribution in [0.4, 0.5) is 5.69 Å². The van der Waals surface area contributed by atoms with Gasteiger partial charge in [-0.15, -0.1) is 0 Å². The predicted molar refractivity (Wildman–Crippen MR) is 99.3 cm³/mol. The van der Waals surface area contributed by atoms with Crippen molar-refractivity contribution >= 4 is 23.6 Å². The number of methoxy groups -OCH3 is 2. The van der Waals surface area contributed by atoms with E-state index in [1.807, 2.05) is 19.1 Å². The highest BCUT2D eigenvalue weighted by atomic mass is 16.5. The van der Waals surface area contributed by atoms with E-state index in [4.69, 9.17) is 14.2 Å². The van der Waals surface area contributed by atoms with Gasteiger partial charge in [0.05, 0.1) is 14.2 Å². The minimum atomic E-state index is -0.623. The molecule has 0 atom stereocenters. The summed E-state index contributed by atoms with van der Waals surface area (Å²) in [6.45, 7) is 1.59. The summed E-state index contributed by atoms with van der Waals surface area (Å²) in [5.41, 5.74) is 2.43. The number of anilines is 1. The third-order valence-electron chi connectivity index (χ3n) is 3.52. The minimum absolute atomic E-state index is 0.364. The third-order valence-corrected chi connectivity index (χ3v) is 3.52. The second kappa shape index (κ2) is 9.27. The van der Waals surface area contributed by atoms with Crippen LogP contribution in [-0.2, 0) is 14.3 Å². The van der Waals surface area contributed by atoms with Gasteiger partial charge < -0.3 is 19.5 Å².